The molecular formula is C14H19N3. The van der Waals surface area contributed by atoms with E-state index in [0.29, 0.717) is 0 Å². The van der Waals surface area contributed by atoms with Crippen molar-refractivity contribution in [3.63, 3.8) is 0 Å². The molecule has 1 aromatic carbocycles. The minimum atomic E-state index is 0.0224. The van der Waals surface area contributed by atoms with Crippen LogP contribution < -0.4 is 5.73 Å². The molecule has 90 valence electrons. The Morgan fingerprint density at radius 3 is 2.76 bits per heavy atom. The summed E-state index contributed by atoms with van der Waals surface area (Å²) in [5, 5.41) is 0. The fourth-order valence-corrected chi connectivity index (χ4v) is 1.99. The molecule has 17 heavy (non-hydrogen) atoms. The predicted octanol–water partition coefficient (Wildman–Crippen LogP) is 2.54. The first-order chi connectivity index (χ1) is 8.31. The van der Waals surface area contributed by atoms with E-state index < -0.39 is 0 Å². The Hall–Kier alpha value is -1.61. The van der Waals surface area contributed by atoms with Crippen LogP contribution in [0.25, 0.3) is 0 Å². The maximum absolute atomic E-state index is 6.20. The first-order valence-corrected chi connectivity index (χ1v) is 6.11. The molecule has 0 fully saturated rings. The van der Waals surface area contributed by atoms with Gasteiger partial charge in [-0.3, -0.25) is 0 Å². The molecule has 0 aliphatic heterocycles. The normalized spacial score (nSPS) is 12.6. The van der Waals surface area contributed by atoms with Gasteiger partial charge in [0.1, 0.15) is 5.82 Å². The zero-order chi connectivity index (χ0) is 12.1. The number of nitrogens with two attached hydrogens (primary N) is 1. The molecule has 0 saturated heterocycles. The fraction of sp³-hybridized carbons (Fsp3) is 0.357. The first-order valence-electron chi connectivity index (χ1n) is 6.11. The van der Waals surface area contributed by atoms with Crippen molar-refractivity contribution in [1.82, 2.24) is 9.55 Å². The molecule has 1 heterocycles. The lowest BCUT2D eigenvalue weighted by Crippen LogP contribution is -2.16. The van der Waals surface area contributed by atoms with Gasteiger partial charge in [-0.2, -0.15) is 0 Å². The number of imidazole rings is 1. The summed E-state index contributed by atoms with van der Waals surface area (Å²) in [6.45, 7) is 3.18. The van der Waals surface area contributed by atoms with E-state index in [1.54, 1.807) is 0 Å². The summed E-state index contributed by atoms with van der Waals surface area (Å²) < 4.78 is 2.18. The zero-order valence-electron chi connectivity index (χ0n) is 10.2. The second-order valence-corrected chi connectivity index (χ2v) is 4.26. The summed E-state index contributed by atoms with van der Waals surface area (Å²) in [5.41, 5.74) is 7.36. The molecule has 0 aliphatic rings. The van der Waals surface area contributed by atoms with Gasteiger partial charge in [0.2, 0.25) is 0 Å². The summed E-state index contributed by atoms with van der Waals surface area (Å²) in [7, 11) is 0. The number of benzene rings is 1. The maximum Gasteiger partial charge on any atom is 0.110 e. The van der Waals surface area contributed by atoms with Crippen molar-refractivity contribution in [3.8, 4) is 0 Å². The zero-order valence-corrected chi connectivity index (χ0v) is 10.2. The van der Waals surface area contributed by atoms with Crippen LogP contribution in [0.4, 0.5) is 0 Å². The third kappa shape index (κ3) is 2.94. The van der Waals surface area contributed by atoms with Crippen LogP contribution in [-0.4, -0.2) is 9.55 Å². The number of hydrogen-bond donors (Lipinski definition) is 1. The van der Waals surface area contributed by atoms with Crippen LogP contribution in [0.15, 0.2) is 42.7 Å². The molecule has 0 radical (unpaired) electrons. The highest BCUT2D eigenvalue weighted by Crippen LogP contribution is 2.14. The summed E-state index contributed by atoms with van der Waals surface area (Å²) in [6.07, 6.45) is 5.78. The summed E-state index contributed by atoms with van der Waals surface area (Å²) in [4.78, 5) is 4.38. The average molecular weight is 229 g/mol. The number of rotatable bonds is 5. The molecule has 0 bridgehead atoms. The lowest BCUT2D eigenvalue weighted by Gasteiger charge is -2.13. The molecule has 3 nitrogen and oxygen atoms in total. The van der Waals surface area contributed by atoms with Crippen molar-refractivity contribution in [2.75, 3.05) is 0 Å². The van der Waals surface area contributed by atoms with Crippen molar-refractivity contribution >= 4 is 0 Å². The van der Waals surface area contributed by atoms with E-state index in [1.165, 1.54) is 5.56 Å². The van der Waals surface area contributed by atoms with Crippen molar-refractivity contribution in [1.29, 1.82) is 0 Å². The molecule has 2 aromatic rings. The Labute approximate surface area is 102 Å². The van der Waals surface area contributed by atoms with E-state index in [9.17, 15) is 0 Å². The van der Waals surface area contributed by atoms with Gasteiger partial charge in [-0.05, 0) is 12.0 Å². The Bertz CT molecular complexity index is 448. The van der Waals surface area contributed by atoms with Crippen LogP contribution in [0.1, 0.15) is 30.8 Å². The summed E-state index contributed by atoms with van der Waals surface area (Å²) in [6, 6.07) is 10.2. The third-order valence-corrected chi connectivity index (χ3v) is 2.90. The molecule has 2 rings (SSSR count). The Morgan fingerprint density at radius 1 is 1.29 bits per heavy atom. The van der Waals surface area contributed by atoms with E-state index in [0.717, 1.165) is 25.2 Å². The van der Waals surface area contributed by atoms with E-state index >= 15 is 0 Å². The Balaban J connectivity index is 2.08. The van der Waals surface area contributed by atoms with E-state index in [2.05, 4.69) is 28.6 Å². The number of aromatic nitrogens is 2. The minimum Gasteiger partial charge on any atom is -0.335 e. The average Bonchev–Trinajstić information content (AvgIpc) is 2.78. The molecule has 1 atom stereocenters. The Morgan fingerprint density at radius 2 is 2.06 bits per heavy atom. The summed E-state index contributed by atoms with van der Waals surface area (Å²) in [5.74, 6) is 1.07. The molecule has 2 N–H and O–H groups in total. The molecule has 0 spiro atoms. The highest BCUT2D eigenvalue weighted by atomic mass is 15.1. The van der Waals surface area contributed by atoms with Crippen LogP contribution in [0.2, 0.25) is 0 Å². The van der Waals surface area contributed by atoms with Gasteiger partial charge in [0.15, 0.2) is 0 Å². The van der Waals surface area contributed by atoms with Gasteiger partial charge in [-0.1, -0.05) is 37.3 Å². The quantitative estimate of drug-likeness (QED) is 0.856. The van der Waals surface area contributed by atoms with Gasteiger partial charge in [-0.25, -0.2) is 4.98 Å². The SMILES string of the molecule is CCCn1ccnc1CC(N)c1ccccc1. The van der Waals surface area contributed by atoms with Crippen LogP contribution in [0, 0.1) is 0 Å². The van der Waals surface area contributed by atoms with Crippen LogP contribution >= 0.6 is 0 Å². The van der Waals surface area contributed by atoms with Crippen LogP contribution in [0.3, 0.4) is 0 Å². The van der Waals surface area contributed by atoms with Gasteiger partial charge >= 0.3 is 0 Å². The highest BCUT2D eigenvalue weighted by molar-refractivity contribution is 5.19. The molecule has 1 aromatic heterocycles. The predicted molar refractivity (Wildman–Crippen MR) is 69.6 cm³/mol. The lowest BCUT2D eigenvalue weighted by molar-refractivity contribution is 0.599. The number of nitrogens with zero attached hydrogens (tertiary/aromatic N) is 2. The van der Waals surface area contributed by atoms with E-state index in [4.69, 9.17) is 5.73 Å². The lowest BCUT2D eigenvalue weighted by atomic mass is 10.0. The van der Waals surface area contributed by atoms with Gasteiger partial charge in [0, 0.05) is 31.4 Å². The van der Waals surface area contributed by atoms with Crippen molar-refractivity contribution in [3.05, 3.63) is 54.1 Å². The largest absolute Gasteiger partial charge is 0.335 e. The molecular weight excluding hydrogens is 210 g/mol. The number of aryl methyl sites for hydroxylation is 1. The van der Waals surface area contributed by atoms with Gasteiger partial charge in [0.05, 0.1) is 0 Å². The third-order valence-electron chi connectivity index (χ3n) is 2.90. The second kappa shape index (κ2) is 5.64. The second-order valence-electron chi connectivity index (χ2n) is 4.26. The van der Waals surface area contributed by atoms with E-state index in [1.807, 2.05) is 30.6 Å². The number of hydrogen-bond acceptors (Lipinski definition) is 2. The van der Waals surface area contributed by atoms with Gasteiger partial charge < -0.3 is 10.3 Å². The molecule has 3 heteroatoms. The van der Waals surface area contributed by atoms with Crippen molar-refractivity contribution in [2.24, 2.45) is 5.73 Å². The van der Waals surface area contributed by atoms with Crippen LogP contribution in [0.5, 0.6) is 0 Å². The van der Waals surface area contributed by atoms with E-state index in [-0.39, 0.29) is 6.04 Å². The standard InChI is InChI=1S/C14H19N3/c1-2-9-17-10-8-16-14(17)11-13(15)12-6-4-3-5-7-12/h3-8,10,13H,2,9,11,15H2,1H3. The van der Waals surface area contributed by atoms with Gasteiger partial charge in [-0.15, -0.1) is 0 Å². The van der Waals surface area contributed by atoms with Crippen molar-refractivity contribution in [2.45, 2.75) is 32.4 Å². The van der Waals surface area contributed by atoms with Gasteiger partial charge in [0.25, 0.3) is 0 Å². The summed E-state index contributed by atoms with van der Waals surface area (Å²) >= 11 is 0. The highest BCUT2D eigenvalue weighted by Gasteiger charge is 2.10. The molecule has 1 unspecified atom stereocenters. The molecule has 0 amide bonds. The topological polar surface area (TPSA) is 43.8 Å². The Kier molecular flexibility index (Phi) is 3.94. The smallest absolute Gasteiger partial charge is 0.110 e. The molecule has 0 saturated carbocycles. The maximum atomic E-state index is 6.20. The van der Waals surface area contributed by atoms with Crippen LogP contribution in [-0.2, 0) is 13.0 Å². The monoisotopic (exact) mass is 229 g/mol. The fourth-order valence-electron chi connectivity index (χ4n) is 1.99. The van der Waals surface area contributed by atoms with Crippen molar-refractivity contribution < 1.29 is 0 Å². The first kappa shape index (κ1) is 11.9. The molecule has 0 aliphatic carbocycles. The minimum absolute atomic E-state index is 0.0224.